The van der Waals surface area contributed by atoms with Crippen LogP contribution in [0.25, 0.3) is 0 Å². The van der Waals surface area contributed by atoms with Crippen LogP contribution in [0.3, 0.4) is 0 Å². The molecule has 0 radical (unpaired) electrons. The highest BCUT2D eigenvalue weighted by atomic mass is 32.2. The third-order valence-electron chi connectivity index (χ3n) is 6.04. The van der Waals surface area contributed by atoms with Crippen molar-refractivity contribution in [3.8, 4) is 5.75 Å². The van der Waals surface area contributed by atoms with Crippen LogP contribution in [-0.2, 0) is 11.2 Å². The van der Waals surface area contributed by atoms with E-state index in [1.807, 2.05) is 12.1 Å². The second kappa shape index (κ2) is 7.91. The molecule has 6 nitrogen and oxygen atoms in total. The maximum Gasteiger partial charge on any atom is 0.286 e. The molecule has 2 saturated heterocycles. The van der Waals surface area contributed by atoms with Crippen molar-refractivity contribution >= 4 is 28.7 Å². The maximum atomic E-state index is 13.1. The Bertz CT molecular complexity index is 984. The summed E-state index contributed by atoms with van der Waals surface area (Å²) in [6, 6.07) is 9.21. The predicted molar refractivity (Wildman–Crippen MR) is 112 cm³/mol. The van der Waals surface area contributed by atoms with Crippen LogP contribution in [0.4, 0.5) is 15.0 Å². The number of piperidine rings is 1. The average molecular weight is 428 g/mol. The van der Waals surface area contributed by atoms with Crippen LogP contribution in [0.1, 0.15) is 36.3 Å². The maximum absolute atomic E-state index is 13.1. The van der Waals surface area contributed by atoms with Gasteiger partial charge in [-0.1, -0.05) is 17.8 Å². The Morgan fingerprint density at radius 3 is 2.87 bits per heavy atom. The lowest BCUT2D eigenvalue weighted by Crippen LogP contribution is -2.41. The fourth-order valence-corrected chi connectivity index (χ4v) is 5.64. The molecule has 1 aromatic carbocycles. The summed E-state index contributed by atoms with van der Waals surface area (Å²) in [5.74, 6) is 1.15. The second-order valence-corrected chi connectivity index (χ2v) is 9.10. The van der Waals surface area contributed by atoms with Crippen LogP contribution in [-0.4, -0.2) is 40.6 Å². The number of benzene rings is 1. The van der Waals surface area contributed by atoms with Gasteiger partial charge in [0.1, 0.15) is 28.7 Å². The van der Waals surface area contributed by atoms with E-state index in [-0.39, 0.29) is 34.2 Å². The SMILES string of the molecule is O=C1NC(=O)C([C@@H]2CCc3cc(OC4CCCN(c5ccc(F)cn5)C4)ccc32)S1. The molecule has 0 spiro atoms. The lowest BCUT2D eigenvalue weighted by molar-refractivity contribution is -0.119. The average Bonchev–Trinajstić information content (AvgIpc) is 3.30. The van der Waals surface area contributed by atoms with Crippen LogP contribution in [0.5, 0.6) is 5.75 Å². The number of carbonyl (C=O) groups is 2. The van der Waals surface area contributed by atoms with Crippen molar-refractivity contribution in [1.82, 2.24) is 10.3 Å². The van der Waals surface area contributed by atoms with E-state index < -0.39 is 0 Å². The molecule has 2 aromatic rings. The molecule has 1 N–H and O–H groups in total. The molecule has 3 aliphatic rings. The molecule has 2 unspecified atom stereocenters. The lowest BCUT2D eigenvalue weighted by Gasteiger charge is -2.33. The van der Waals surface area contributed by atoms with Crippen molar-refractivity contribution in [2.45, 2.75) is 43.0 Å². The summed E-state index contributed by atoms with van der Waals surface area (Å²) >= 11 is 1.10. The first kappa shape index (κ1) is 19.4. The predicted octanol–water partition coefficient (Wildman–Crippen LogP) is 3.65. The van der Waals surface area contributed by atoms with Gasteiger partial charge in [-0.05, 0) is 61.1 Å². The van der Waals surface area contributed by atoms with Gasteiger partial charge in [0, 0.05) is 12.5 Å². The van der Waals surface area contributed by atoms with Crippen molar-refractivity contribution in [2.24, 2.45) is 0 Å². The first-order valence-electron chi connectivity index (χ1n) is 10.2. The number of carbonyl (C=O) groups excluding carboxylic acids is 2. The first-order valence-corrected chi connectivity index (χ1v) is 11.1. The van der Waals surface area contributed by atoms with Gasteiger partial charge in [0.2, 0.25) is 5.91 Å². The molecule has 1 aliphatic carbocycles. The van der Waals surface area contributed by atoms with E-state index in [0.717, 1.165) is 61.1 Å². The number of pyridine rings is 1. The van der Waals surface area contributed by atoms with Gasteiger partial charge in [0.25, 0.3) is 5.24 Å². The third-order valence-corrected chi connectivity index (χ3v) is 7.15. The Hall–Kier alpha value is -2.61. The quantitative estimate of drug-likeness (QED) is 0.803. The number of aryl methyl sites for hydroxylation is 1. The summed E-state index contributed by atoms with van der Waals surface area (Å²) in [6.07, 6.45) is 4.97. The molecule has 156 valence electrons. The van der Waals surface area contributed by atoms with E-state index in [4.69, 9.17) is 4.74 Å². The smallest absolute Gasteiger partial charge is 0.286 e. The van der Waals surface area contributed by atoms with E-state index >= 15 is 0 Å². The standard InChI is InChI=1S/C22H22FN3O3S/c23-14-4-8-19(24-11-14)26-9-1-2-16(12-26)29-15-5-7-17-13(10-15)3-6-18(17)20-21(27)25-22(28)30-20/h4-5,7-8,10-11,16,18,20H,1-3,6,9,12H2,(H,25,27,28)/t16?,18-,20?/m1/s1. The Balaban J connectivity index is 1.27. The molecule has 3 heterocycles. The molecule has 1 aromatic heterocycles. The lowest BCUT2D eigenvalue weighted by atomic mass is 9.97. The number of nitrogens with zero attached hydrogens (tertiary/aromatic N) is 2. The van der Waals surface area contributed by atoms with Crippen LogP contribution in [0.15, 0.2) is 36.5 Å². The number of thioether (sulfide) groups is 1. The van der Waals surface area contributed by atoms with Crippen molar-refractivity contribution in [1.29, 1.82) is 0 Å². The largest absolute Gasteiger partial charge is 0.489 e. The molecule has 8 heteroatoms. The number of fused-ring (bicyclic) bond motifs is 1. The molecule has 0 saturated carbocycles. The van der Waals surface area contributed by atoms with Gasteiger partial charge in [-0.25, -0.2) is 9.37 Å². The number of aromatic nitrogens is 1. The van der Waals surface area contributed by atoms with Crippen LogP contribution in [0.2, 0.25) is 0 Å². The van der Waals surface area contributed by atoms with Gasteiger partial charge in [0.15, 0.2) is 0 Å². The number of nitrogens with one attached hydrogen (secondary N) is 1. The fourth-order valence-electron chi connectivity index (χ4n) is 4.64. The first-order chi connectivity index (χ1) is 14.6. The number of rotatable bonds is 4. The van der Waals surface area contributed by atoms with Gasteiger partial charge >= 0.3 is 0 Å². The van der Waals surface area contributed by atoms with Gasteiger partial charge < -0.3 is 9.64 Å². The number of amides is 2. The van der Waals surface area contributed by atoms with Gasteiger partial charge in [-0.2, -0.15) is 0 Å². The summed E-state index contributed by atoms with van der Waals surface area (Å²) < 4.78 is 19.4. The molecule has 5 rings (SSSR count). The molecule has 2 aliphatic heterocycles. The molecular formula is C22H22FN3O3S. The molecule has 30 heavy (non-hydrogen) atoms. The van der Waals surface area contributed by atoms with E-state index in [2.05, 4.69) is 21.3 Å². The van der Waals surface area contributed by atoms with Gasteiger partial charge in [0.05, 0.1) is 12.7 Å². The summed E-state index contributed by atoms with van der Waals surface area (Å²) in [7, 11) is 0. The van der Waals surface area contributed by atoms with Crippen LogP contribution < -0.4 is 15.0 Å². The monoisotopic (exact) mass is 427 g/mol. The van der Waals surface area contributed by atoms with Crippen LogP contribution >= 0.6 is 11.8 Å². The Labute approximate surface area is 178 Å². The van der Waals surface area contributed by atoms with E-state index in [0.29, 0.717) is 6.54 Å². The zero-order valence-electron chi connectivity index (χ0n) is 16.3. The normalized spacial score (nSPS) is 25.9. The summed E-state index contributed by atoms with van der Waals surface area (Å²) in [5.41, 5.74) is 2.34. The van der Waals surface area contributed by atoms with Crippen molar-refractivity contribution in [3.05, 3.63) is 53.5 Å². The van der Waals surface area contributed by atoms with Gasteiger partial charge in [-0.15, -0.1) is 0 Å². The minimum absolute atomic E-state index is 0.0367. The van der Waals surface area contributed by atoms with Crippen LogP contribution in [0, 0.1) is 5.82 Å². The highest BCUT2D eigenvalue weighted by molar-refractivity contribution is 8.15. The summed E-state index contributed by atoms with van der Waals surface area (Å²) in [6.45, 7) is 1.59. The number of halogens is 1. The topological polar surface area (TPSA) is 71.5 Å². The zero-order chi connectivity index (χ0) is 20.7. The molecular weight excluding hydrogens is 405 g/mol. The minimum atomic E-state index is -0.335. The molecule has 3 atom stereocenters. The summed E-state index contributed by atoms with van der Waals surface area (Å²) in [4.78, 5) is 29.9. The molecule has 2 fully saturated rings. The Morgan fingerprint density at radius 2 is 2.10 bits per heavy atom. The highest BCUT2D eigenvalue weighted by Crippen LogP contribution is 2.43. The minimum Gasteiger partial charge on any atom is -0.489 e. The third kappa shape index (κ3) is 3.76. The number of imide groups is 1. The van der Waals surface area contributed by atoms with Crippen molar-refractivity contribution < 1.29 is 18.7 Å². The fraction of sp³-hybridized carbons (Fsp3) is 0.409. The van der Waals surface area contributed by atoms with E-state index in [1.54, 1.807) is 6.07 Å². The Kier molecular flexibility index (Phi) is 5.10. The van der Waals surface area contributed by atoms with E-state index in [1.165, 1.54) is 17.8 Å². The number of ether oxygens (including phenoxy) is 1. The van der Waals surface area contributed by atoms with Crippen molar-refractivity contribution in [3.63, 3.8) is 0 Å². The number of hydrogen-bond donors (Lipinski definition) is 1. The number of hydrogen-bond acceptors (Lipinski definition) is 6. The molecule has 2 amide bonds. The van der Waals surface area contributed by atoms with Gasteiger partial charge in [-0.3, -0.25) is 14.9 Å². The summed E-state index contributed by atoms with van der Waals surface area (Å²) in [5, 5.41) is 1.80. The van der Waals surface area contributed by atoms with Crippen molar-refractivity contribution in [2.75, 3.05) is 18.0 Å². The second-order valence-electron chi connectivity index (χ2n) is 7.98. The van der Waals surface area contributed by atoms with E-state index in [9.17, 15) is 14.0 Å². The molecule has 0 bridgehead atoms. The zero-order valence-corrected chi connectivity index (χ0v) is 17.2. The number of anilines is 1. The highest BCUT2D eigenvalue weighted by Gasteiger charge is 2.41. The Morgan fingerprint density at radius 1 is 1.20 bits per heavy atom.